The number of aliphatic hydroxyl groups is 2. The van der Waals surface area contributed by atoms with Gasteiger partial charge in [0.25, 0.3) is 0 Å². The van der Waals surface area contributed by atoms with Crippen molar-refractivity contribution in [2.45, 2.75) is 11.8 Å². The average molecular weight is 340 g/mol. The zero-order valence-electron chi connectivity index (χ0n) is 10.8. The molecule has 2 aromatic rings. The van der Waals surface area contributed by atoms with E-state index in [1.54, 1.807) is 30.6 Å². The first kappa shape index (κ1) is 15.1. The van der Waals surface area contributed by atoms with E-state index in [4.69, 9.17) is 0 Å². The largest absolute Gasteiger partial charge is 0.395 e. The number of rotatable bonds is 5. The van der Waals surface area contributed by atoms with Crippen LogP contribution in [-0.2, 0) is 11.8 Å². The van der Waals surface area contributed by atoms with Crippen LogP contribution in [0.15, 0.2) is 47.2 Å². The zero-order chi connectivity index (χ0) is 14.6. The summed E-state index contributed by atoms with van der Waals surface area (Å²) in [5.74, 6) is -0.432. The van der Waals surface area contributed by atoms with Crippen molar-refractivity contribution in [1.29, 1.82) is 0 Å². The van der Waals surface area contributed by atoms with Gasteiger partial charge in [0.05, 0.1) is 13.2 Å². The lowest BCUT2D eigenvalue weighted by Crippen LogP contribution is -2.38. The molecule has 0 bridgehead atoms. The summed E-state index contributed by atoms with van der Waals surface area (Å²) in [6.07, 6.45) is 3.59. The van der Waals surface area contributed by atoms with Crippen LogP contribution < -0.4 is 0 Å². The van der Waals surface area contributed by atoms with E-state index in [0.717, 1.165) is 10.0 Å². The number of hydrogen-bond donors (Lipinski definition) is 2. The van der Waals surface area contributed by atoms with E-state index in [1.165, 1.54) is 6.07 Å². The van der Waals surface area contributed by atoms with Crippen LogP contribution in [0.25, 0.3) is 0 Å². The molecular formula is C15H15BrFNO2. The summed E-state index contributed by atoms with van der Waals surface area (Å²) in [6, 6.07) is 8.03. The standard InChI is InChI=1S/C15H15BrFNO2/c16-12-5-11(7-18-8-12)6-15(9-19,10-20)13-3-1-2-4-14(13)17/h1-5,7-8,19-20H,6,9-10H2. The van der Waals surface area contributed by atoms with Crippen LogP contribution in [0.4, 0.5) is 4.39 Å². The summed E-state index contributed by atoms with van der Waals surface area (Å²) >= 11 is 3.32. The maximum absolute atomic E-state index is 14.0. The third kappa shape index (κ3) is 3.06. The number of aliphatic hydroxyl groups excluding tert-OH is 2. The molecule has 0 saturated heterocycles. The number of aromatic nitrogens is 1. The maximum Gasteiger partial charge on any atom is 0.127 e. The van der Waals surface area contributed by atoms with E-state index in [2.05, 4.69) is 20.9 Å². The van der Waals surface area contributed by atoms with E-state index < -0.39 is 11.2 Å². The Morgan fingerprint density at radius 2 is 1.85 bits per heavy atom. The van der Waals surface area contributed by atoms with Gasteiger partial charge in [0.15, 0.2) is 0 Å². The van der Waals surface area contributed by atoms with Gasteiger partial charge < -0.3 is 10.2 Å². The molecule has 0 amide bonds. The Morgan fingerprint density at radius 1 is 1.15 bits per heavy atom. The number of nitrogens with zero attached hydrogens (tertiary/aromatic N) is 1. The number of benzene rings is 1. The first-order valence-corrected chi connectivity index (χ1v) is 6.97. The Kier molecular flexibility index (Phi) is 4.86. The topological polar surface area (TPSA) is 53.4 Å². The van der Waals surface area contributed by atoms with Gasteiger partial charge in [-0.05, 0) is 45.6 Å². The average Bonchev–Trinajstić information content (AvgIpc) is 2.46. The van der Waals surface area contributed by atoms with Crippen LogP contribution >= 0.6 is 15.9 Å². The number of hydrogen-bond acceptors (Lipinski definition) is 3. The van der Waals surface area contributed by atoms with Crippen LogP contribution in [-0.4, -0.2) is 28.4 Å². The minimum atomic E-state index is -1.06. The van der Waals surface area contributed by atoms with Gasteiger partial charge >= 0.3 is 0 Å². The molecule has 0 radical (unpaired) electrons. The predicted molar refractivity (Wildman–Crippen MR) is 77.9 cm³/mol. The summed E-state index contributed by atoms with van der Waals surface area (Å²) in [5, 5.41) is 19.5. The molecule has 0 fully saturated rings. The summed E-state index contributed by atoms with van der Waals surface area (Å²) in [7, 11) is 0. The Morgan fingerprint density at radius 3 is 2.45 bits per heavy atom. The summed E-state index contributed by atoms with van der Waals surface area (Å²) in [4.78, 5) is 4.05. The van der Waals surface area contributed by atoms with Gasteiger partial charge in [0, 0.05) is 22.3 Å². The van der Waals surface area contributed by atoms with Crippen molar-refractivity contribution in [3.05, 3.63) is 64.1 Å². The molecule has 0 aliphatic carbocycles. The summed E-state index contributed by atoms with van der Waals surface area (Å²) in [5.41, 5.74) is 0.0593. The van der Waals surface area contributed by atoms with Crippen LogP contribution in [0, 0.1) is 5.82 Å². The lowest BCUT2D eigenvalue weighted by atomic mass is 9.77. The fourth-order valence-electron chi connectivity index (χ4n) is 2.26. The highest BCUT2D eigenvalue weighted by atomic mass is 79.9. The Hall–Kier alpha value is -1.30. The quantitative estimate of drug-likeness (QED) is 0.879. The van der Waals surface area contributed by atoms with Crippen LogP contribution in [0.5, 0.6) is 0 Å². The smallest absolute Gasteiger partial charge is 0.127 e. The Labute approximate surface area is 125 Å². The van der Waals surface area contributed by atoms with Crippen molar-refractivity contribution in [2.24, 2.45) is 0 Å². The molecule has 5 heteroatoms. The monoisotopic (exact) mass is 339 g/mol. The van der Waals surface area contributed by atoms with Crippen molar-refractivity contribution in [3.63, 3.8) is 0 Å². The molecule has 1 aromatic heterocycles. The normalized spacial score (nSPS) is 11.6. The fraction of sp³-hybridized carbons (Fsp3) is 0.267. The van der Waals surface area contributed by atoms with Crippen LogP contribution in [0.2, 0.25) is 0 Å². The zero-order valence-corrected chi connectivity index (χ0v) is 12.3. The first-order chi connectivity index (χ1) is 9.61. The van der Waals surface area contributed by atoms with Crippen molar-refractivity contribution in [3.8, 4) is 0 Å². The molecule has 20 heavy (non-hydrogen) atoms. The van der Waals surface area contributed by atoms with Crippen molar-refractivity contribution >= 4 is 15.9 Å². The molecular weight excluding hydrogens is 325 g/mol. The lowest BCUT2D eigenvalue weighted by Gasteiger charge is -2.30. The number of halogens is 2. The molecule has 1 aromatic carbocycles. The highest BCUT2D eigenvalue weighted by Crippen LogP contribution is 2.30. The summed E-state index contributed by atoms with van der Waals surface area (Å²) in [6.45, 7) is -0.701. The highest BCUT2D eigenvalue weighted by Gasteiger charge is 2.34. The minimum Gasteiger partial charge on any atom is -0.395 e. The molecule has 106 valence electrons. The molecule has 2 rings (SSSR count). The molecule has 0 unspecified atom stereocenters. The predicted octanol–water partition coefficient (Wildman–Crippen LogP) is 2.45. The maximum atomic E-state index is 14.0. The van der Waals surface area contributed by atoms with Crippen molar-refractivity contribution in [1.82, 2.24) is 4.98 Å². The molecule has 0 saturated carbocycles. The highest BCUT2D eigenvalue weighted by molar-refractivity contribution is 9.10. The van der Waals surface area contributed by atoms with Gasteiger partial charge in [0.2, 0.25) is 0 Å². The Bertz CT molecular complexity index is 588. The van der Waals surface area contributed by atoms with Gasteiger partial charge in [-0.25, -0.2) is 4.39 Å². The third-order valence-electron chi connectivity index (χ3n) is 3.35. The van der Waals surface area contributed by atoms with Gasteiger partial charge in [0.1, 0.15) is 5.82 Å². The van der Waals surface area contributed by atoms with Gasteiger partial charge in [-0.3, -0.25) is 4.98 Å². The van der Waals surface area contributed by atoms with Crippen LogP contribution in [0.3, 0.4) is 0 Å². The SMILES string of the molecule is OCC(CO)(Cc1cncc(Br)c1)c1ccccc1F. The second-order valence-corrected chi connectivity index (χ2v) is 5.68. The van der Waals surface area contributed by atoms with Crippen molar-refractivity contribution < 1.29 is 14.6 Å². The van der Waals surface area contributed by atoms with Crippen molar-refractivity contribution in [2.75, 3.05) is 13.2 Å². The molecule has 0 aliphatic heterocycles. The van der Waals surface area contributed by atoms with Gasteiger partial charge in [-0.2, -0.15) is 0 Å². The molecule has 0 atom stereocenters. The van der Waals surface area contributed by atoms with E-state index in [9.17, 15) is 14.6 Å². The van der Waals surface area contributed by atoms with E-state index in [0.29, 0.717) is 12.0 Å². The van der Waals surface area contributed by atoms with E-state index >= 15 is 0 Å². The molecule has 3 nitrogen and oxygen atoms in total. The van der Waals surface area contributed by atoms with Crippen LogP contribution in [0.1, 0.15) is 11.1 Å². The second kappa shape index (κ2) is 6.43. The molecule has 0 spiro atoms. The number of pyridine rings is 1. The Balaban J connectivity index is 2.42. The molecule has 2 N–H and O–H groups in total. The third-order valence-corrected chi connectivity index (χ3v) is 3.79. The van der Waals surface area contributed by atoms with Gasteiger partial charge in [-0.1, -0.05) is 18.2 Å². The molecule has 0 aliphatic rings. The van der Waals surface area contributed by atoms with E-state index in [1.807, 2.05) is 6.07 Å². The summed E-state index contributed by atoms with van der Waals surface area (Å²) < 4.78 is 14.8. The minimum absolute atomic E-state index is 0.299. The van der Waals surface area contributed by atoms with E-state index in [-0.39, 0.29) is 13.2 Å². The molecule has 1 heterocycles. The first-order valence-electron chi connectivity index (χ1n) is 6.17. The lowest BCUT2D eigenvalue weighted by molar-refractivity contribution is 0.113. The van der Waals surface area contributed by atoms with Gasteiger partial charge in [-0.15, -0.1) is 0 Å². The fourth-order valence-corrected chi connectivity index (χ4v) is 2.67. The second-order valence-electron chi connectivity index (χ2n) is 4.76.